The van der Waals surface area contributed by atoms with Crippen LogP contribution in [0.5, 0.6) is 0 Å². The first kappa shape index (κ1) is 12.5. The monoisotopic (exact) mass is 260 g/mol. The van der Waals surface area contributed by atoms with E-state index in [1.807, 2.05) is 0 Å². The maximum absolute atomic E-state index is 10.5. The zero-order valence-corrected chi connectivity index (χ0v) is 9.55. The van der Waals surface area contributed by atoms with E-state index in [1.165, 1.54) is 18.2 Å². The summed E-state index contributed by atoms with van der Waals surface area (Å²) in [6.07, 6.45) is 2.01. The number of furan rings is 1. The lowest BCUT2D eigenvalue weighted by Gasteiger charge is -1.96. The van der Waals surface area contributed by atoms with Crippen LogP contribution in [0.2, 0.25) is 0 Å². The van der Waals surface area contributed by atoms with Crippen molar-refractivity contribution < 1.29 is 14.3 Å². The van der Waals surface area contributed by atoms with Crippen LogP contribution in [-0.2, 0) is 0 Å². The zero-order valence-electron chi connectivity index (χ0n) is 9.55. The second-order valence-corrected chi connectivity index (χ2v) is 3.61. The number of nitrogens with zero attached hydrogens (tertiary/aromatic N) is 2. The maximum atomic E-state index is 10.5. The van der Waals surface area contributed by atoms with Gasteiger partial charge in [-0.3, -0.25) is 20.2 Å². The van der Waals surface area contributed by atoms with Gasteiger partial charge >= 0.3 is 0 Å². The van der Waals surface area contributed by atoms with Crippen LogP contribution in [0, 0.1) is 20.2 Å². The summed E-state index contributed by atoms with van der Waals surface area (Å²) in [6, 6.07) is 9.06. The summed E-state index contributed by atoms with van der Waals surface area (Å²) in [6.45, 7) is 0. The van der Waals surface area contributed by atoms with E-state index in [2.05, 4.69) is 0 Å². The molecule has 0 unspecified atom stereocenters. The molecular formula is C12H8N2O5. The van der Waals surface area contributed by atoms with Crippen molar-refractivity contribution in [1.82, 2.24) is 0 Å². The predicted molar refractivity (Wildman–Crippen MR) is 66.8 cm³/mol. The summed E-state index contributed by atoms with van der Waals surface area (Å²) in [7, 11) is 0. The fourth-order valence-electron chi connectivity index (χ4n) is 1.48. The number of non-ortho nitro benzene ring substituents is 1. The number of hydrogen-bond donors (Lipinski definition) is 0. The SMILES string of the molecule is O=[N+]([O-])/C=C/c1ccc(-c2ccc([N+](=O)[O-])cc2)o1. The van der Waals surface area contributed by atoms with Crippen molar-refractivity contribution in [2.75, 3.05) is 0 Å². The lowest BCUT2D eigenvalue weighted by atomic mass is 10.1. The zero-order chi connectivity index (χ0) is 13.8. The van der Waals surface area contributed by atoms with E-state index in [0.29, 0.717) is 17.1 Å². The lowest BCUT2D eigenvalue weighted by Crippen LogP contribution is -1.86. The normalized spacial score (nSPS) is 10.7. The van der Waals surface area contributed by atoms with Crippen molar-refractivity contribution in [3.05, 3.63) is 68.6 Å². The van der Waals surface area contributed by atoms with Crippen molar-refractivity contribution in [2.24, 2.45) is 0 Å². The molecule has 0 amide bonds. The molecule has 19 heavy (non-hydrogen) atoms. The van der Waals surface area contributed by atoms with Gasteiger partial charge in [0.15, 0.2) is 0 Å². The van der Waals surface area contributed by atoms with E-state index in [0.717, 1.165) is 6.20 Å². The average Bonchev–Trinajstić information content (AvgIpc) is 2.85. The number of rotatable bonds is 4. The Balaban J connectivity index is 2.23. The van der Waals surface area contributed by atoms with Gasteiger partial charge in [-0.05, 0) is 24.3 Å². The highest BCUT2D eigenvalue weighted by molar-refractivity contribution is 5.61. The van der Waals surface area contributed by atoms with Gasteiger partial charge in [0.2, 0.25) is 6.20 Å². The van der Waals surface area contributed by atoms with Crippen LogP contribution in [0.4, 0.5) is 5.69 Å². The molecule has 0 aliphatic heterocycles. The quantitative estimate of drug-likeness (QED) is 0.621. The van der Waals surface area contributed by atoms with Crippen LogP contribution in [0.3, 0.4) is 0 Å². The molecule has 2 rings (SSSR count). The van der Waals surface area contributed by atoms with Crippen molar-refractivity contribution >= 4 is 11.8 Å². The first-order valence-corrected chi connectivity index (χ1v) is 5.22. The van der Waals surface area contributed by atoms with Crippen LogP contribution in [0.15, 0.2) is 47.0 Å². The highest BCUT2D eigenvalue weighted by Gasteiger charge is 2.07. The molecule has 0 aliphatic carbocycles. The Morgan fingerprint density at radius 2 is 1.68 bits per heavy atom. The summed E-state index contributed by atoms with van der Waals surface area (Å²) in [5.41, 5.74) is 0.648. The van der Waals surface area contributed by atoms with Crippen molar-refractivity contribution in [3.63, 3.8) is 0 Å². The Kier molecular flexibility index (Phi) is 3.37. The van der Waals surface area contributed by atoms with E-state index in [-0.39, 0.29) is 5.69 Å². The third kappa shape index (κ3) is 3.03. The summed E-state index contributed by atoms with van der Waals surface area (Å²) < 4.78 is 5.36. The molecule has 0 atom stereocenters. The van der Waals surface area contributed by atoms with Gasteiger partial charge in [0.1, 0.15) is 11.5 Å². The highest BCUT2D eigenvalue weighted by Crippen LogP contribution is 2.24. The average molecular weight is 260 g/mol. The third-order valence-corrected chi connectivity index (χ3v) is 2.35. The van der Waals surface area contributed by atoms with Gasteiger partial charge in [-0.2, -0.15) is 0 Å². The lowest BCUT2D eigenvalue weighted by molar-refractivity contribution is -0.401. The fraction of sp³-hybridized carbons (Fsp3) is 0. The Morgan fingerprint density at radius 1 is 1.00 bits per heavy atom. The van der Waals surface area contributed by atoms with Crippen LogP contribution >= 0.6 is 0 Å². The molecule has 0 aliphatic rings. The Hall–Kier alpha value is -2.96. The highest BCUT2D eigenvalue weighted by atomic mass is 16.6. The molecule has 0 N–H and O–H groups in total. The summed E-state index contributed by atoms with van der Waals surface area (Å²) in [5.74, 6) is 0.822. The molecule has 0 saturated heterocycles. The summed E-state index contributed by atoms with van der Waals surface area (Å²) in [5, 5.41) is 20.7. The van der Waals surface area contributed by atoms with E-state index in [4.69, 9.17) is 4.42 Å². The first-order valence-electron chi connectivity index (χ1n) is 5.22. The van der Waals surface area contributed by atoms with Gasteiger partial charge in [0.05, 0.1) is 15.9 Å². The largest absolute Gasteiger partial charge is 0.457 e. The van der Waals surface area contributed by atoms with Gasteiger partial charge in [-0.1, -0.05) is 0 Å². The van der Waals surface area contributed by atoms with Gasteiger partial charge in [0.25, 0.3) is 5.69 Å². The standard InChI is InChI=1S/C12H8N2O5/c15-13(16)8-7-11-5-6-12(19-11)9-1-3-10(4-2-9)14(17)18/h1-8H/b8-7+. The van der Waals surface area contributed by atoms with Crippen molar-refractivity contribution in [2.45, 2.75) is 0 Å². The Bertz CT molecular complexity index is 642. The van der Waals surface area contributed by atoms with Crippen LogP contribution < -0.4 is 0 Å². The minimum Gasteiger partial charge on any atom is -0.457 e. The van der Waals surface area contributed by atoms with Crippen molar-refractivity contribution in [1.29, 1.82) is 0 Å². The summed E-state index contributed by atoms with van der Waals surface area (Å²) >= 11 is 0. The van der Waals surface area contributed by atoms with Crippen LogP contribution in [0.1, 0.15) is 5.76 Å². The molecule has 0 radical (unpaired) electrons. The smallest absolute Gasteiger partial charge is 0.269 e. The van der Waals surface area contributed by atoms with E-state index in [1.54, 1.807) is 24.3 Å². The van der Waals surface area contributed by atoms with Gasteiger partial charge in [-0.15, -0.1) is 0 Å². The molecule has 0 fully saturated rings. The third-order valence-electron chi connectivity index (χ3n) is 2.35. The molecule has 0 saturated carbocycles. The van der Waals surface area contributed by atoms with Gasteiger partial charge in [0, 0.05) is 17.7 Å². The molecule has 1 aromatic heterocycles. The Labute approximate surface area is 107 Å². The second kappa shape index (κ2) is 5.13. The first-order chi connectivity index (χ1) is 9.06. The molecule has 7 heteroatoms. The maximum Gasteiger partial charge on any atom is 0.269 e. The van der Waals surface area contributed by atoms with Crippen LogP contribution in [0.25, 0.3) is 17.4 Å². The molecule has 0 bridgehead atoms. The summed E-state index contributed by atoms with van der Waals surface area (Å²) in [4.78, 5) is 19.6. The number of hydrogen-bond acceptors (Lipinski definition) is 5. The predicted octanol–water partition coefficient (Wildman–Crippen LogP) is 3.10. The molecular weight excluding hydrogens is 252 g/mol. The van der Waals surface area contributed by atoms with E-state index >= 15 is 0 Å². The fourth-order valence-corrected chi connectivity index (χ4v) is 1.48. The molecule has 1 aromatic carbocycles. The molecule has 0 spiro atoms. The number of nitro benzene ring substituents is 1. The minimum absolute atomic E-state index is 0.0104. The Morgan fingerprint density at radius 3 is 2.26 bits per heavy atom. The molecule has 7 nitrogen and oxygen atoms in total. The second-order valence-electron chi connectivity index (χ2n) is 3.61. The van der Waals surface area contributed by atoms with Gasteiger partial charge < -0.3 is 4.42 Å². The number of nitro groups is 2. The van der Waals surface area contributed by atoms with E-state index < -0.39 is 9.85 Å². The topological polar surface area (TPSA) is 99.4 Å². The minimum atomic E-state index is -0.589. The number of benzene rings is 1. The van der Waals surface area contributed by atoms with E-state index in [9.17, 15) is 20.2 Å². The van der Waals surface area contributed by atoms with Crippen molar-refractivity contribution in [3.8, 4) is 11.3 Å². The molecule has 2 aromatic rings. The molecule has 1 heterocycles. The van der Waals surface area contributed by atoms with Crippen LogP contribution in [-0.4, -0.2) is 9.85 Å². The molecule has 96 valence electrons. The van der Waals surface area contributed by atoms with Gasteiger partial charge in [-0.25, -0.2) is 0 Å².